The number of para-hydroxylation sites is 3. The molecule has 0 aliphatic heterocycles. The topological polar surface area (TPSA) is 17.8 Å². The minimum absolute atomic E-state index is 0.960. The van der Waals surface area contributed by atoms with Crippen LogP contribution in [0.25, 0.3) is 81.3 Å². The maximum absolute atomic E-state index is 5.28. The van der Waals surface area contributed by atoms with Gasteiger partial charge in [0.05, 0.1) is 16.7 Å². The molecule has 0 fully saturated rings. The van der Waals surface area contributed by atoms with Gasteiger partial charge in [-0.15, -0.1) is 11.3 Å². The van der Waals surface area contributed by atoms with Crippen LogP contribution in [0.3, 0.4) is 0 Å². The van der Waals surface area contributed by atoms with E-state index >= 15 is 0 Å². The van der Waals surface area contributed by atoms with Crippen molar-refractivity contribution in [2.24, 2.45) is 0 Å². The first-order chi connectivity index (χ1) is 21.8. The van der Waals surface area contributed by atoms with Crippen LogP contribution in [0.15, 0.2) is 158 Å². The molecule has 0 aliphatic carbocycles. The largest absolute Gasteiger partial charge is 0.292 e. The second-order valence-electron chi connectivity index (χ2n) is 11.2. The number of thiophene rings is 1. The molecule has 0 spiro atoms. The van der Waals surface area contributed by atoms with Crippen molar-refractivity contribution in [2.75, 3.05) is 0 Å². The van der Waals surface area contributed by atoms with Gasteiger partial charge < -0.3 is 0 Å². The number of benzene rings is 7. The first-order valence-corrected chi connectivity index (χ1v) is 15.7. The van der Waals surface area contributed by atoms with Crippen molar-refractivity contribution in [1.82, 2.24) is 9.55 Å². The number of imidazole rings is 1. The third-order valence-corrected chi connectivity index (χ3v) is 9.81. The van der Waals surface area contributed by atoms with Crippen molar-refractivity contribution in [1.29, 1.82) is 0 Å². The highest BCUT2D eigenvalue weighted by Crippen LogP contribution is 2.43. The zero-order valence-electron chi connectivity index (χ0n) is 23.8. The first kappa shape index (κ1) is 25.0. The second kappa shape index (κ2) is 10.0. The predicted octanol–water partition coefficient (Wildman–Crippen LogP) is 11.5. The van der Waals surface area contributed by atoms with Crippen LogP contribution >= 0.6 is 11.3 Å². The maximum atomic E-state index is 5.28. The van der Waals surface area contributed by atoms with Crippen molar-refractivity contribution in [2.45, 2.75) is 0 Å². The Kier molecular flexibility index (Phi) is 5.71. The molecular weight excluding hydrogens is 553 g/mol. The fraction of sp³-hybridized carbons (Fsp3) is 0. The number of rotatable bonds is 4. The summed E-state index contributed by atoms with van der Waals surface area (Å²) in [6, 6.07) is 56.6. The highest BCUT2D eigenvalue weighted by Gasteiger charge is 2.20. The van der Waals surface area contributed by atoms with Crippen molar-refractivity contribution in [3.05, 3.63) is 158 Å². The van der Waals surface area contributed by atoms with Gasteiger partial charge in [0.1, 0.15) is 5.82 Å². The summed E-state index contributed by atoms with van der Waals surface area (Å²) in [6.45, 7) is 0. The smallest absolute Gasteiger partial charge is 0.147 e. The Hall–Kier alpha value is -5.51. The zero-order chi connectivity index (χ0) is 29.0. The molecule has 3 heteroatoms. The Morgan fingerprint density at radius 2 is 1.20 bits per heavy atom. The van der Waals surface area contributed by atoms with E-state index in [1.165, 1.54) is 53.2 Å². The van der Waals surface area contributed by atoms with Gasteiger partial charge in [-0.2, -0.15) is 0 Å². The molecule has 0 atom stereocenters. The van der Waals surface area contributed by atoms with E-state index in [1.54, 1.807) is 0 Å². The molecule has 0 saturated heterocycles. The first-order valence-electron chi connectivity index (χ1n) is 14.9. The lowest BCUT2D eigenvalue weighted by atomic mass is 10.00. The van der Waals surface area contributed by atoms with Gasteiger partial charge in [-0.1, -0.05) is 121 Å². The summed E-state index contributed by atoms with van der Waals surface area (Å²) < 4.78 is 4.88. The van der Waals surface area contributed by atoms with E-state index in [2.05, 4.69) is 162 Å². The monoisotopic (exact) mass is 578 g/mol. The minimum Gasteiger partial charge on any atom is -0.292 e. The minimum atomic E-state index is 0.960. The van der Waals surface area contributed by atoms with Gasteiger partial charge in [0.2, 0.25) is 0 Å². The summed E-state index contributed by atoms with van der Waals surface area (Å²) in [5.74, 6) is 0.960. The maximum Gasteiger partial charge on any atom is 0.147 e. The van der Waals surface area contributed by atoms with Crippen molar-refractivity contribution >= 4 is 53.3 Å². The van der Waals surface area contributed by atoms with Crippen LogP contribution in [0.2, 0.25) is 0 Å². The van der Waals surface area contributed by atoms with Crippen LogP contribution in [-0.4, -0.2) is 9.55 Å². The van der Waals surface area contributed by atoms with E-state index in [0.29, 0.717) is 0 Å². The van der Waals surface area contributed by atoms with Gasteiger partial charge in [-0.05, 0) is 63.9 Å². The molecule has 0 radical (unpaired) electrons. The third-order valence-electron chi connectivity index (χ3n) is 8.61. The lowest BCUT2D eigenvalue weighted by molar-refractivity contribution is 1.11. The summed E-state index contributed by atoms with van der Waals surface area (Å²) in [5, 5.41) is 5.07. The average molecular weight is 579 g/mol. The van der Waals surface area contributed by atoms with Crippen molar-refractivity contribution < 1.29 is 0 Å². The number of fused-ring (bicyclic) bond motifs is 5. The average Bonchev–Trinajstić information content (AvgIpc) is 3.67. The fourth-order valence-corrected chi connectivity index (χ4v) is 7.75. The molecule has 9 rings (SSSR count). The predicted molar refractivity (Wildman–Crippen MR) is 188 cm³/mol. The quantitative estimate of drug-likeness (QED) is 0.203. The summed E-state index contributed by atoms with van der Waals surface area (Å²) in [6.07, 6.45) is 0. The van der Waals surface area contributed by atoms with E-state index in [-0.39, 0.29) is 0 Å². The van der Waals surface area contributed by atoms with Gasteiger partial charge in [0.25, 0.3) is 0 Å². The Labute approximate surface area is 259 Å². The fourth-order valence-electron chi connectivity index (χ4n) is 6.50. The standard InChI is InChI=1S/C41H26N2S/c1-2-12-28(13-3-1)32-15-6-8-19-37(32)43-38-20-9-7-18-36(38)42-41(43)35-17-10-16-34-33-24-23-31(26-39(33)44-40(34)35)30-22-21-27-11-4-5-14-29(27)25-30/h1-26H. The van der Waals surface area contributed by atoms with Gasteiger partial charge in [-0.3, -0.25) is 4.57 Å². The molecule has 2 heterocycles. The molecule has 0 bridgehead atoms. The molecule has 2 nitrogen and oxygen atoms in total. The van der Waals surface area contributed by atoms with E-state index < -0.39 is 0 Å². The van der Waals surface area contributed by atoms with Crippen molar-refractivity contribution in [3.8, 4) is 39.3 Å². The molecule has 206 valence electrons. The van der Waals surface area contributed by atoms with Crippen LogP contribution in [0.1, 0.15) is 0 Å². The van der Waals surface area contributed by atoms with E-state index in [4.69, 9.17) is 4.98 Å². The summed E-state index contributed by atoms with van der Waals surface area (Å²) in [5.41, 5.74) is 9.20. The zero-order valence-corrected chi connectivity index (χ0v) is 24.6. The second-order valence-corrected chi connectivity index (χ2v) is 12.3. The van der Waals surface area contributed by atoms with Crippen LogP contribution in [-0.2, 0) is 0 Å². The molecule has 9 aromatic rings. The molecule has 0 amide bonds. The highest BCUT2D eigenvalue weighted by molar-refractivity contribution is 7.26. The van der Waals surface area contributed by atoms with Crippen LogP contribution in [0.5, 0.6) is 0 Å². The molecule has 44 heavy (non-hydrogen) atoms. The van der Waals surface area contributed by atoms with Gasteiger partial charge in [-0.25, -0.2) is 4.98 Å². The SMILES string of the molecule is c1ccc(-c2ccccc2-n2c(-c3cccc4c3sc3cc(-c5ccc6ccccc6c5)ccc34)nc3ccccc32)cc1. The van der Waals surface area contributed by atoms with Crippen molar-refractivity contribution in [3.63, 3.8) is 0 Å². The van der Waals surface area contributed by atoms with Gasteiger partial charge in [0.15, 0.2) is 0 Å². The Balaban J connectivity index is 1.26. The van der Waals surface area contributed by atoms with E-state index in [1.807, 2.05) is 11.3 Å². The van der Waals surface area contributed by atoms with Crippen LogP contribution in [0.4, 0.5) is 0 Å². The molecule has 0 saturated carbocycles. The van der Waals surface area contributed by atoms with E-state index in [0.717, 1.165) is 28.1 Å². The third kappa shape index (κ3) is 3.98. The van der Waals surface area contributed by atoms with Gasteiger partial charge in [0, 0.05) is 31.3 Å². The lowest BCUT2D eigenvalue weighted by Gasteiger charge is -2.15. The Bertz CT molecular complexity index is 2500. The molecule has 0 unspecified atom stereocenters. The Morgan fingerprint density at radius 1 is 0.477 bits per heavy atom. The van der Waals surface area contributed by atoms with Gasteiger partial charge >= 0.3 is 0 Å². The van der Waals surface area contributed by atoms with E-state index in [9.17, 15) is 0 Å². The number of aromatic nitrogens is 2. The molecule has 0 aliphatic rings. The van der Waals surface area contributed by atoms with Crippen LogP contribution in [0, 0.1) is 0 Å². The molecule has 0 N–H and O–H groups in total. The molecule has 7 aromatic carbocycles. The van der Waals surface area contributed by atoms with Crippen LogP contribution < -0.4 is 0 Å². The molecular formula is C41H26N2S. The summed E-state index contributed by atoms with van der Waals surface area (Å²) in [4.78, 5) is 5.28. The number of hydrogen-bond donors (Lipinski definition) is 0. The lowest BCUT2D eigenvalue weighted by Crippen LogP contribution is -2.00. The Morgan fingerprint density at radius 3 is 2.14 bits per heavy atom. The summed E-state index contributed by atoms with van der Waals surface area (Å²) >= 11 is 1.86. The molecule has 2 aromatic heterocycles. The normalized spacial score (nSPS) is 11.6. The highest BCUT2D eigenvalue weighted by atomic mass is 32.1. The number of nitrogens with zero attached hydrogens (tertiary/aromatic N) is 2. The summed E-state index contributed by atoms with van der Waals surface area (Å²) in [7, 11) is 0. The number of hydrogen-bond acceptors (Lipinski definition) is 2.